The van der Waals surface area contributed by atoms with Gasteiger partial charge in [-0.15, -0.1) is 0 Å². The van der Waals surface area contributed by atoms with Gasteiger partial charge in [0, 0.05) is 21.8 Å². The number of carbonyl (C=O) groups is 2. The number of hydrogen-bond acceptors (Lipinski definition) is 5. The maximum Gasteiger partial charge on any atom is 0.310 e. The monoisotopic (exact) mass is 407 g/mol. The third-order valence-corrected chi connectivity index (χ3v) is 3.85. The molecule has 2 aromatic rings. The molecule has 2 aromatic carbocycles. The van der Waals surface area contributed by atoms with E-state index in [0.717, 1.165) is 4.47 Å². The second-order valence-electron chi connectivity index (χ2n) is 5.07. The predicted molar refractivity (Wildman–Crippen MR) is 97.0 cm³/mol. The Kier molecular flexibility index (Phi) is 6.82. The van der Waals surface area contributed by atoms with Crippen LogP contribution in [0.2, 0.25) is 0 Å². The van der Waals surface area contributed by atoms with E-state index in [1.54, 1.807) is 49.6 Å². The Morgan fingerprint density at radius 1 is 1.04 bits per heavy atom. The lowest BCUT2D eigenvalue weighted by Crippen LogP contribution is -2.21. The average Bonchev–Trinajstić information content (AvgIpc) is 2.62. The van der Waals surface area contributed by atoms with Crippen molar-refractivity contribution in [1.29, 1.82) is 0 Å². The van der Waals surface area contributed by atoms with Crippen molar-refractivity contribution in [2.75, 3.05) is 26.1 Å². The fourth-order valence-corrected chi connectivity index (χ4v) is 2.35. The lowest BCUT2D eigenvalue weighted by Gasteiger charge is -2.10. The molecule has 0 spiro atoms. The van der Waals surface area contributed by atoms with Crippen molar-refractivity contribution in [3.05, 3.63) is 52.5 Å². The minimum Gasteiger partial charge on any atom is -0.497 e. The Hall–Kier alpha value is -2.54. The molecule has 25 heavy (non-hydrogen) atoms. The number of hydrogen-bond donors (Lipinski definition) is 1. The number of benzene rings is 2. The van der Waals surface area contributed by atoms with E-state index in [0.29, 0.717) is 22.7 Å². The Morgan fingerprint density at radius 3 is 2.40 bits per heavy atom. The van der Waals surface area contributed by atoms with Gasteiger partial charge in [-0.1, -0.05) is 22.0 Å². The fourth-order valence-electron chi connectivity index (χ4n) is 2.08. The summed E-state index contributed by atoms with van der Waals surface area (Å²) < 4.78 is 16.3. The molecule has 0 saturated heterocycles. The first-order valence-electron chi connectivity index (χ1n) is 7.43. The van der Waals surface area contributed by atoms with Gasteiger partial charge in [0.1, 0.15) is 11.5 Å². The normalized spacial score (nSPS) is 10.0. The van der Waals surface area contributed by atoms with Gasteiger partial charge in [0.25, 0.3) is 5.91 Å². The number of nitrogens with one attached hydrogen (secondary N) is 1. The molecule has 0 aromatic heterocycles. The maximum atomic E-state index is 11.9. The summed E-state index contributed by atoms with van der Waals surface area (Å²) in [6.45, 7) is -0.354. The molecule has 132 valence electrons. The van der Waals surface area contributed by atoms with Gasteiger partial charge < -0.3 is 19.5 Å². The smallest absolute Gasteiger partial charge is 0.310 e. The molecule has 0 fully saturated rings. The zero-order chi connectivity index (χ0) is 18.2. The minimum absolute atomic E-state index is 0.00126. The average molecular weight is 408 g/mol. The zero-order valence-corrected chi connectivity index (χ0v) is 15.5. The molecule has 0 radical (unpaired) electrons. The summed E-state index contributed by atoms with van der Waals surface area (Å²) in [5, 5.41) is 2.65. The van der Waals surface area contributed by atoms with Gasteiger partial charge in [-0.3, -0.25) is 9.59 Å². The third kappa shape index (κ3) is 5.79. The Labute approximate surface area is 154 Å². The highest BCUT2D eigenvalue weighted by Crippen LogP contribution is 2.25. The quantitative estimate of drug-likeness (QED) is 0.713. The molecule has 0 aliphatic rings. The first kappa shape index (κ1) is 18.8. The van der Waals surface area contributed by atoms with E-state index >= 15 is 0 Å². The first-order valence-corrected chi connectivity index (χ1v) is 8.23. The van der Waals surface area contributed by atoms with Crippen LogP contribution in [-0.4, -0.2) is 32.7 Å². The fraction of sp³-hybridized carbons (Fsp3) is 0.222. The molecule has 0 bridgehead atoms. The standard InChI is InChI=1S/C18H18BrNO5/c1-23-15-8-3-12(16(10-15)24-2)9-18(22)25-11-17(21)20-14-6-4-13(19)5-7-14/h3-8,10H,9,11H2,1-2H3,(H,20,21). The van der Waals surface area contributed by atoms with E-state index < -0.39 is 11.9 Å². The molecule has 0 aliphatic carbocycles. The highest BCUT2D eigenvalue weighted by molar-refractivity contribution is 9.10. The highest BCUT2D eigenvalue weighted by Gasteiger charge is 2.13. The van der Waals surface area contributed by atoms with Crippen LogP contribution in [-0.2, 0) is 20.7 Å². The van der Waals surface area contributed by atoms with Gasteiger partial charge in [0.2, 0.25) is 0 Å². The molecule has 2 rings (SSSR count). The van der Waals surface area contributed by atoms with Gasteiger partial charge in [0.05, 0.1) is 20.6 Å². The molecule has 1 amide bonds. The molecular formula is C18H18BrNO5. The number of ether oxygens (including phenoxy) is 3. The predicted octanol–water partition coefficient (Wildman–Crippen LogP) is 3.19. The molecule has 0 atom stereocenters. The molecular weight excluding hydrogens is 390 g/mol. The van der Waals surface area contributed by atoms with Crippen LogP contribution in [0, 0.1) is 0 Å². The molecule has 7 heteroatoms. The third-order valence-electron chi connectivity index (χ3n) is 3.32. The van der Waals surface area contributed by atoms with Gasteiger partial charge in [-0.05, 0) is 30.3 Å². The second kappa shape index (κ2) is 9.08. The second-order valence-corrected chi connectivity index (χ2v) is 5.99. The van der Waals surface area contributed by atoms with Crippen molar-refractivity contribution in [3.8, 4) is 11.5 Å². The molecule has 0 heterocycles. The van der Waals surface area contributed by atoms with Crippen LogP contribution in [0.3, 0.4) is 0 Å². The number of methoxy groups -OCH3 is 2. The van der Waals surface area contributed by atoms with Crippen molar-refractivity contribution in [1.82, 2.24) is 0 Å². The topological polar surface area (TPSA) is 73.9 Å². The van der Waals surface area contributed by atoms with E-state index in [1.807, 2.05) is 0 Å². The summed E-state index contributed by atoms with van der Waals surface area (Å²) in [5.74, 6) is 0.227. The van der Waals surface area contributed by atoms with Crippen LogP contribution < -0.4 is 14.8 Å². The maximum absolute atomic E-state index is 11.9. The number of amides is 1. The number of rotatable bonds is 7. The van der Waals surface area contributed by atoms with Crippen LogP contribution in [0.25, 0.3) is 0 Å². The zero-order valence-electron chi connectivity index (χ0n) is 13.9. The molecule has 6 nitrogen and oxygen atoms in total. The van der Waals surface area contributed by atoms with Crippen molar-refractivity contribution in [2.45, 2.75) is 6.42 Å². The number of anilines is 1. The van der Waals surface area contributed by atoms with Crippen LogP contribution in [0.1, 0.15) is 5.56 Å². The summed E-state index contributed by atoms with van der Waals surface area (Å²) in [5.41, 5.74) is 1.28. The van der Waals surface area contributed by atoms with Crippen LogP contribution in [0.5, 0.6) is 11.5 Å². The van der Waals surface area contributed by atoms with Gasteiger partial charge in [-0.2, -0.15) is 0 Å². The van der Waals surface area contributed by atoms with Crippen molar-refractivity contribution < 1.29 is 23.8 Å². The summed E-state index contributed by atoms with van der Waals surface area (Å²) in [6.07, 6.45) is -0.00126. The van der Waals surface area contributed by atoms with E-state index in [9.17, 15) is 9.59 Å². The van der Waals surface area contributed by atoms with Crippen LogP contribution in [0.4, 0.5) is 5.69 Å². The van der Waals surface area contributed by atoms with Gasteiger partial charge in [0.15, 0.2) is 6.61 Å². The summed E-state index contributed by atoms with van der Waals surface area (Å²) in [6, 6.07) is 12.2. The van der Waals surface area contributed by atoms with E-state index in [-0.39, 0.29) is 13.0 Å². The summed E-state index contributed by atoms with van der Waals surface area (Å²) in [7, 11) is 3.06. The van der Waals surface area contributed by atoms with E-state index in [2.05, 4.69) is 21.2 Å². The Bertz CT molecular complexity index is 746. The van der Waals surface area contributed by atoms with Gasteiger partial charge in [-0.25, -0.2) is 0 Å². The summed E-state index contributed by atoms with van der Waals surface area (Å²) >= 11 is 3.31. The van der Waals surface area contributed by atoms with Crippen molar-refractivity contribution >= 4 is 33.5 Å². The lowest BCUT2D eigenvalue weighted by molar-refractivity contribution is -0.146. The molecule has 0 aliphatic heterocycles. The van der Waals surface area contributed by atoms with Crippen LogP contribution >= 0.6 is 15.9 Å². The Balaban J connectivity index is 1.86. The number of esters is 1. The summed E-state index contributed by atoms with van der Waals surface area (Å²) in [4.78, 5) is 23.8. The largest absolute Gasteiger partial charge is 0.497 e. The highest BCUT2D eigenvalue weighted by atomic mass is 79.9. The van der Waals surface area contributed by atoms with Gasteiger partial charge >= 0.3 is 5.97 Å². The molecule has 0 unspecified atom stereocenters. The lowest BCUT2D eigenvalue weighted by atomic mass is 10.1. The van der Waals surface area contributed by atoms with E-state index in [4.69, 9.17) is 14.2 Å². The van der Waals surface area contributed by atoms with Crippen LogP contribution in [0.15, 0.2) is 46.9 Å². The minimum atomic E-state index is -0.519. The number of halogens is 1. The van der Waals surface area contributed by atoms with E-state index in [1.165, 1.54) is 7.11 Å². The Morgan fingerprint density at radius 2 is 1.76 bits per heavy atom. The molecule has 0 saturated carbocycles. The molecule has 1 N–H and O–H groups in total. The van der Waals surface area contributed by atoms with Crippen molar-refractivity contribution in [3.63, 3.8) is 0 Å². The SMILES string of the molecule is COc1ccc(CC(=O)OCC(=O)Nc2ccc(Br)cc2)c(OC)c1. The first-order chi connectivity index (χ1) is 12.0. The number of carbonyl (C=O) groups excluding carboxylic acids is 2. The van der Waals surface area contributed by atoms with Crippen molar-refractivity contribution in [2.24, 2.45) is 0 Å².